The summed E-state index contributed by atoms with van der Waals surface area (Å²) < 4.78 is 1.75. The summed E-state index contributed by atoms with van der Waals surface area (Å²) in [6.07, 6.45) is 6.84. The van der Waals surface area contributed by atoms with Gasteiger partial charge in [0, 0.05) is 44.6 Å². The average molecular weight is 362 g/mol. The maximum Gasteiger partial charge on any atom is 0.182 e. The molecule has 4 aromatic heterocycles. The Balaban J connectivity index is 1.37. The van der Waals surface area contributed by atoms with Crippen LogP contribution in [0.15, 0.2) is 37.2 Å². The molecule has 136 valence electrons. The summed E-state index contributed by atoms with van der Waals surface area (Å²) in [5.74, 6) is 3.32. The quantitative estimate of drug-likeness (QED) is 0.575. The lowest BCUT2D eigenvalue weighted by Gasteiger charge is -2.36. The number of H-pyrrole nitrogens is 1. The number of rotatable bonds is 3. The van der Waals surface area contributed by atoms with E-state index in [0.717, 1.165) is 55.0 Å². The van der Waals surface area contributed by atoms with Gasteiger partial charge in [-0.3, -0.25) is 0 Å². The van der Waals surface area contributed by atoms with Crippen LogP contribution in [0.5, 0.6) is 0 Å². The third-order valence-corrected chi connectivity index (χ3v) is 4.66. The molecule has 1 saturated heterocycles. The molecule has 0 radical (unpaired) electrons. The van der Waals surface area contributed by atoms with Crippen molar-refractivity contribution >= 4 is 22.8 Å². The van der Waals surface area contributed by atoms with E-state index in [1.165, 1.54) is 0 Å². The number of aryl methyl sites for hydroxylation is 1. The smallest absolute Gasteiger partial charge is 0.182 e. The van der Waals surface area contributed by atoms with Crippen molar-refractivity contribution in [3.63, 3.8) is 0 Å². The van der Waals surface area contributed by atoms with Gasteiger partial charge >= 0.3 is 0 Å². The van der Waals surface area contributed by atoms with Crippen LogP contribution in [0.1, 0.15) is 5.82 Å². The van der Waals surface area contributed by atoms with Crippen molar-refractivity contribution in [1.29, 1.82) is 0 Å². The number of nitrogens with zero attached hydrogens (tertiary/aromatic N) is 9. The fourth-order valence-electron chi connectivity index (χ4n) is 3.36. The van der Waals surface area contributed by atoms with Gasteiger partial charge in [-0.25, -0.2) is 29.6 Å². The van der Waals surface area contributed by atoms with Gasteiger partial charge in [-0.1, -0.05) is 0 Å². The SMILES string of the molecule is Cc1nc(N2CCN(c3ncnc4nc[nH]c34)CC2)cc(-n2cccn2)n1. The summed E-state index contributed by atoms with van der Waals surface area (Å²) in [5, 5.41) is 4.27. The number of piperazine rings is 1. The zero-order chi connectivity index (χ0) is 18.2. The fraction of sp³-hybridized carbons (Fsp3) is 0.294. The second-order valence-corrected chi connectivity index (χ2v) is 6.35. The number of fused-ring (bicyclic) bond motifs is 1. The standard InChI is InChI=1S/C17H18N10/c1-12-23-13(9-14(24-12)27-4-2-3-22-27)25-5-7-26(8-6-25)17-15-16(19-10-18-15)20-11-21-17/h2-4,9-11H,5-8H2,1H3,(H,18,19,20,21). The molecule has 0 spiro atoms. The van der Waals surface area contributed by atoms with Gasteiger partial charge in [0.05, 0.1) is 6.33 Å². The van der Waals surface area contributed by atoms with Gasteiger partial charge < -0.3 is 14.8 Å². The lowest BCUT2D eigenvalue weighted by atomic mass is 10.3. The summed E-state index contributed by atoms with van der Waals surface area (Å²) in [6, 6.07) is 3.86. The highest BCUT2D eigenvalue weighted by Gasteiger charge is 2.22. The molecular weight excluding hydrogens is 344 g/mol. The van der Waals surface area contributed by atoms with E-state index in [1.54, 1.807) is 23.5 Å². The monoisotopic (exact) mass is 362 g/mol. The molecule has 0 unspecified atom stereocenters. The molecule has 10 heteroatoms. The molecule has 0 aromatic carbocycles. The Kier molecular flexibility index (Phi) is 3.66. The predicted molar refractivity (Wildman–Crippen MR) is 100 cm³/mol. The molecule has 1 N–H and O–H groups in total. The first-order valence-corrected chi connectivity index (χ1v) is 8.77. The molecule has 0 amide bonds. The Morgan fingerprint density at radius 2 is 1.78 bits per heavy atom. The Morgan fingerprint density at radius 1 is 0.963 bits per heavy atom. The third kappa shape index (κ3) is 2.84. The molecule has 4 aromatic rings. The largest absolute Gasteiger partial charge is 0.353 e. The minimum atomic E-state index is 0.692. The summed E-state index contributed by atoms with van der Waals surface area (Å²) >= 11 is 0. The molecule has 0 aliphatic carbocycles. The third-order valence-electron chi connectivity index (χ3n) is 4.66. The Labute approximate surface area is 154 Å². The van der Waals surface area contributed by atoms with Crippen LogP contribution >= 0.6 is 0 Å². The highest BCUT2D eigenvalue weighted by Crippen LogP contribution is 2.23. The summed E-state index contributed by atoms with van der Waals surface area (Å²) in [5.41, 5.74) is 1.57. The van der Waals surface area contributed by atoms with Gasteiger partial charge in [-0.15, -0.1) is 0 Å². The molecule has 1 aliphatic rings. The van der Waals surface area contributed by atoms with Crippen molar-refractivity contribution in [2.45, 2.75) is 6.92 Å². The van der Waals surface area contributed by atoms with Crippen LogP contribution < -0.4 is 9.80 Å². The van der Waals surface area contributed by atoms with Crippen molar-refractivity contribution < 1.29 is 0 Å². The van der Waals surface area contributed by atoms with Gasteiger partial charge in [0.1, 0.15) is 23.5 Å². The van der Waals surface area contributed by atoms with E-state index in [9.17, 15) is 0 Å². The molecule has 1 aliphatic heterocycles. The number of aromatic nitrogens is 8. The van der Waals surface area contributed by atoms with Crippen LogP contribution in [0.4, 0.5) is 11.6 Å². The van der Waals surface area contributed by atoms with Crippen molar-refractivity contribution in [3.8, 4) is 5.82 Å². The van der Waals surface area contributed by atoms with Crippen molar-refractivity contribution in [1.82, 2.24) is 39.7 Å². The Bertz CT molecular complexity index is 1060. The first-order chi connectivity index (χ1) is 13.3. The van der Waals surface area contributed by atoms with Crippen LogP contribution in [-0.2, 0) is 0 Å². The predicted octanol–water partition coefficient (Wildman–Crippen LogP) is 0.964. The zero-order valence-electron chi connectivity index (χ0n) is 14.8. The molecular formula is C17H18N10. The van der Waals surface area contributed by atoms with E-state index < -0.39 is 0 Å². The summed E-state index contributed by atoms with van der Waals surface area (Å²) in [4.78, 5) is 29.6. The van der Waals surface area contributed by atoms with E-state index >= 15 is 0 Å². The molecule has 0 atom stereocenters. The van der Waals surface area contributed by atoms with Crippen molar-refractivity contribution in [2.75, 3.05) is 36.0 Å². The first-order valence-electron chi connectivity index (χ1n) is 8.77. The van der Waals surface area contributed by atoms with Crippen LogP contribution in [0.2, 0.25) is 0 Å². The molecule has 1 fully saturated rings. The summed E-state index contributed by atoms with van der Waals surface area (Å²) in [6.45, 7) is 5.27. The van der Waals surface area contributed by atoms with Gasteiger partial charge in [0.15, 0.2) is 17.3 Å². The Morgan fingerprint density at radius 3 is 2.59 bits per heavy atom. The molecule has 5 rings (SSSR count). The van der Waals surface area contributed by atoms with Crippen LogP contribution in [0.25, 0.3) is 17.0 Å². The van der Waals surface area contributed by atoms with E-state index in [0.29, 0.717) is 5.65 Å². The minimum absolute atomic E-state index is 0.692. The van der Waals surface area contributed by atoms with E-state index in [2.05, 4.69) is 44.8 Å². The zero-order valence-corrected chi connectivity index (χ0v) is 14.8. The second kappa shape index (κ2) is 6.31. The molecule has 0 bridgehead atoms. The van der Waals surface area contributed by atoms with E-state index in [4.69, 9.17) is 0 Å². The fourth-order valence-corrected chi connectivity index (χ4v) is 3.36. The van der Waals surface area contributed by atoms with Gasteiger partial charge in [-0.2, -0.15) is 5.10 Å². The van der Waals surface area contributed by atoms with Crippen LogP contribution in [0, 0.1) is 6.92 Å². The molecule has 0 saturated carbocycles. The molecule has 27 heavy (non-hydrogen) atoms. The number of anilines is 2. The van der Waals surface area contributed by atoms with Crippen LogP contribution in [-0.4, -0.2) is 65.9 Å². The lowest BCUT2D eigenvalue weighted by molar-refractivity contribution is 0.640. The maximum absolute atomic E-state index is 4.62. The van der Waals surface area contributed by atoms with E-state index in [-0.39, 0.29) is 0 Å². The molecule has 10 nitrogen and oxygen atoms in total. The Hall–Kier alpha value is -3.56. The number of imidazole rings is 1. The first kappa shape index (κ1) is 15.7. The van der Waals surface area contributed by atoms with Crippen molar-refractivity contribution in [3.05, 3.63) is 43.0 Å². The van der Waals surface area contributed by atoms with Gasteiger partial charge in [-0.05, 0) is 13.0 Å². The number of hydrogen-bond donors (Lipinski definition) is 1. The average Bonchev–Trinajstić information content (AvgIpc) is 3.39. The maximum atomic E-state index is 4.62. The minimum Gasteiger partial charge on any atom is -0.353 e. The normalized spacial score (nSPS) is 14.9. The summed E-state index contributed by atoms with van der Waals surface area (Å²) in [7, 11) is 0. The number of nitrogens with one attached hydrogen (secondary N) is 1. The topological polar surface area (TPSA) is 105 Å². The van der Waals surface area contributed by atoms with E-state index in [1.807, 2.05) is 25.3 Å². The van der Waals surface area contributed by atoms with Gasteiger partial charge in [0.25, 0.3) is 0 Å². The highest BCUT2D eigenvalue weighted by molar-refractivity contribution is 5.82. The number of aromatic amines is 1. The lowest BCUT2D eigenvalue weighted by Crippen LogP contribution is -2.47. The van der Waals surface area contributed by atoms with Gasteiger partial charge in [0.2, 0.25) is 0 Å². The number of hydrogen-bond acceptors (Lipinski definition) is 8. The van der Waals surface area contributed by atoms with Crippen LogP contribution in [0.3, 0.4) is 0 Å². The second-order valence-electron chi connectivity index (χ2n) is 6.35. The van der Waals surface area contributed by atoms with Crippen molar-refractivity contribution in [2.24, 2.45) is 0 Å². The highest BCUT2D eigenvalue weighted by atomic mass is 15.3. The molecule has 5 heterocycles.